The van der Waals surface area contributed by atoms with E-state index in [1.807, 2.05) is 18.5 Å². The van der Waals surface area contributed by atoms with Crippen molar-refractivity contribution >= 4 is 46.0 Å². The maximum absolute atomic E-state index is 12.0. The number of anilines is 1. The van der Waals surface area contributed by atoms with Gasteiger partial charge in [0.15, 0.2) is 0 Å². The summed E-state index contributed by atoms with van der Waals surface area (Å²) in [5.41, 5.74) is 2.87. The van der Waals surface area contributed by atoms with Crippen LogP contribution in [0, 0.1) is 23.2 Å². The van der Waals surface area contributed by atoms with Crippen molar-refractivity contribution in [3.05, 3.63) is 58.3 Å². The fourth-order valence-corrected chi connectivity index (χ4v) is 4.90. The molecule has 0 radical (unpaired) electrons. The zero-order valence-electron chi connectivity index (χ0n) is 16.8. The molecule has 1 aromatic heterocycles. The van der Waals surface area contributed by atoms with Gasteiger partial charge >= 0.3 is 6.09 Å². The molecular weight excluding hydrogens is 435 g/mol. The number of nitrogens with zero attached hydrogens (tertiary/aromatic N) is 4. The number of fused-ring (bicyclic) bond motifs is 1. The quantitative estimate of drug-likeness (QED) is 0.494. The minimum atomic E-state index is -1.03. The molecule has 2 aromatic carbocycles. The van der Waals surface area contributed by atoms with Gasteiger partial charge in [-0.1, -0.05) is 29.6 Å². The Balaban J connectivity index is 1.49. The summed E-state index contributed by atoms with van der Waals surface area (Å²) in [5.74, 6) is 0.640. The van der Waals surface area contributed by atoms with Crippen molar-refractivity contribution in [1.82, 2.24) is 9.55 Å². The molecule has 1 fully saturated rings. The van der Waals surface area contributed by atoms with E-state index in [4.69, 9.17) is 23.2 Å². The van der Waals surface area contributed by atoms with Gasteiger partial charge in [0.25, 0.3) is 0 Å². The van der Waals surface area contributed by atoms with E-state index in [2.05, 4.69) is 15.6 Å². The van der Waals surface area contributed by atoms with E-state index < -0.39 is 6.09 Å². The molecule has 6 nitrogen and oxygen atoms in total. The number of carboxylic acid groups (broad SMARTS) is 1. The average molecular weight is 457 g/mol. The molecule has 1 unspecified atom stereocenters. The third-order valence-electron chi connectivity index (χ3n) is 5.97. The molecule has 160 valence electrons. The Hall–Kier alpha value is -2.75. The summed E-state index contributed by atoms with van der Waals surface area (Å²) in [5, 5.41) is 19.8. The topological polar surface area (TPSA) is 82.2 Å². The van der Waals surface area contributed by atoms with Gasteiger partial charge in [0.1, 0.15) is 0 Å². The van der Waals surface area contributed by atoms with E-state index in [-0.39, 0.29) is 5.92 Å². The molecule has 1 aliphatic rings. The average Bonchev–Trinajstić information content (AvgIpc) is 3.16. The van der Waals surface area contributed by atoms with Gasteiger partial charge in [-0.2, -0.15) is 5.26 Å². The van der Waals surface area contributed by atoms with Crippen LogP contribution >= 0.6 is 23.2 Å². The molecule has 1 aliphatic carbocycles. The van der Waals surface area contributed by atoms with Crippen LogP contribution in [0.5, 0.6) is 0 Å². The lowest BCUT2D eigenvalue weighted by atomic mass is 9.81. The number of rotatable bonds is 5. The smallest absolute Gasteiger partial charge is 0.411 e. The molecule has 2 atom stereocenters. The second-order valence-electron chi connectivity index (χ2n) is 8.10. The zero-order valence-corrected chi connectivity index (χ0v) is 18.4. The number of hydrogen-bond donors (Lipinski definition) is 1. The summed E-state index contributed by atoms with van der Waals surface area (Å²) in [6.45, 7) is 1.18. The summed E-state index contributed by atoms with van der Waals surface area (Å²) >= 11 is 12.3. The number of imidazole rings is 1. The van der Waals surface area contributed by atoms with Gasteiger partial charge in [-0.3, -0.25) is 4.90 Å². The van der Waals surface area contributed by atoms with E-state index in [0.29, 0.717) is 33.8 Å². The predicted octanol–water partition coefficient (Wildman–Crippen LogP) is 6.21. The molecule has 0 saturated heterocycles. The minimum absolute atomic E-state index is 0.231. The van der Waals surface area contributed by atoms with Gasteiger partial charge in [-0.25, -0.2) is 9.78 Å². The number of aromatic nitrogens is 2. The van der Waals surface area contributed by atoms with E-state index in [0.717, 1.165) is 43.3 Å². The summed E-state index contributed by atoms with van der Waals surface area (Å²) in [6, 6.07) is 12.6. The largest absolute Gasteiger partial charge is 0.465 e. The maximum atomic E-state index is 12.0. The predicted molar refractivity (Wildman–Crippen MR) is 122 cm³/mol. The fraction of sp³-hybridized carbons (Fsp3) is 0.348. The van der Waals surface area contributed by atoms with Crippen molar-refractivity contribution in [2.24, 2.45) is 11.8 Å². The number of carbonyl (C=O) groups is 1. The highest BCUT2D eigenvalue weighted by atomic mass is 35.5. The van der Waals surface area contributed by atoms with E-state index in [1.54, 1.807) is 24.3 Å². The first-order valence-electron chi connectivity index (χ1n) is 10.2. The van der Waals surface area contributed by atoms with Crippen molar-refractivity contribution in [3.8, 4) is 6.07 Å². The van der Waals surface area contributed by atoms with Crippen LogP contribution in [-0.2, 0) is 6.54 Å². The third kappa shape index (κ3) is 4.79. The van der Waals surface area contributed by atoms with Crippen LogP contribution in [0.2, 0.25) is 10.0 Å². The first kappa shape index (κ1) is 21.5. The maximum Gasteiger partial charge on any atom is 0.411 e. The lowest BCUT2D eigenvalue weighted by Gasteiger charge is -2.33. The molecule has 8 heteroatoms. The normalized spacial score (nSPS) is 18.6. The van der Waals surface area contributed by atoms with Gasteiger partial charge in [0.2, 0.25) is 0 Å². The molecule has 0 spiro atoms. The molecule has 1 saturated carbocycles. The highest BCUT2D eigenvalue weighted by Gasteiger charge is 2.28. The standard InChI is InChI=1S/C23H22Cl2N4O2/c24-18-5-6-19(25)21(10-18)29(23(30)31)13-17-3-1-2-16(8-17)12-28-14-27-20-7-4-15(11-26)9-22(20)28/h4-7,9-10,14,16-17H,1-3,8,12-13H2,(H,30,31)/t16-,17?/m0/s1. The van der Waals surface area contributed by atoms with Gasteiger partial charge in [0, 0.05) is 18.1 Å². The van der Waals surface area contributed by atoms with Gasteiger partial charge in [-0.05, 0) is 67.5 Å². The number of halogens is 2. The number of hydrogen-bond acceptors (Lipinski definition) is 3. The third-order valence-corrected chi connectivity index (χ3v) is 6.52. The van der Waals surface area contributed by atoms with Gasteiger partial charge in [0.05, 0.1) is 39.7 Å². The Morgan fingerprint density at radius 1 is 1.23 bits per heavy atom. The van der Waals surface area contributed by atoms with Crippen molar-refractivity contribution in [3.63, 3.8) is 0 Å². The second-order valence-corrected chi connectivity index (χ2v) is 8.94. The Bertz CT molecular complexity index is 1150. The van der Waals surface area contributed by atoms with Crippen LogP contribution in [0.4, 0.5) is 10.5 Å². The molecular formula is C23H22Cl2N4O2. The van der Waals surface area contributed by atoms with Crippen molar-refractivity contribution < 1.29 is 9.90 Å². The monoisotopic (exact) mass is 456 g/mol. The Kier molecular flexibility index (Phi) is 6.35. The summed E-state index contributed by atoms with van der Waals surface area (Å²) in [4.78, 5) is 17.7. The highest BCUT2D eigenvalue weighted by Crippen LogP contribution is 2.35. The van der Waals surface area contributed by atoms with E-state index >= 15 is 0 Å². The minimum Gasteiger partial charge on any atom is -0.465 e. The fourth-order valence-electron chi connectivity index (χ4n) is 4.51. The van der Waals surface area contributed by atoms with Crippen LogP contribution in [0.1, 0.15) is 31.2 Å². The van der Waals surface area contributed by atoms with Crippen LogP contribution in [0.3, 0.4) is 0 Å². The molecule has 0 aliphatic heterocycles. The first-order chi connectivity index (χ1) is 14.9. The van der Waals surface area contributed by atoms with Gasteiger partial charge in [-0.15, -0.1) is 0 Å². The van der Waals surface area contributed by atoms with Crippen molar-refractivity contribution in [2.45, 2.75) is 32.2 Å². The Labute approximate surface area is 190 Å². The molecule has 4 rings (SSSR count). The van der Waals surface area contributed by atoms with Crippen LogP contribution in [0.25, 0.3) is 11.0 Å². The van der Waals surface area contributed by atoms with Crippen LogP contribution in [-0.4, -0.2) is 27.3 Å². The number of benzene rings is 2. The molecule has 1 amide bonds. The number of amides is 1. The van der Waals surface area contributed by atoms with Crippen molar-refractivity contribution in [2.75, 3.05) is 11.4 Å². The van der Waals surface area contributed by atoms with Gasteiger partial charge < -0.3 is 9.67 Å². The lowest BCUT2D eigenvalue weighted by Crippen LogP contribution is -2.36. The van der Waals surface area contributed by atoms with E-state index in [9.17, 15) is 15.2 Å². The molecule has 1 heterocycles. The van der Waals surface area contributed by atoms with Crippen LogP contribution in [0.15, 0.2) is 42.7 Å². The summed E-state index contributed by atoms with van der Waals surface area (Å²) in [7, 11) is 0. The summed E-state index contributed by atoms with van der Waals surface area (Å²) < 4.78 is 2.10. The SMILES string of the molecule is N#Cc1ccc2ncn(C[C@H]3CCCC(CN(C(=O)O)c4cc(Cl)ccc4Cl)C3)c2c1. The second kappa shape index (κ2) is 9.17. The molecule has 1 N–H and O–H groups in total. The first-order valence-corrected chi connectivity index (χ1v) is 11.0. The van der Waals surface area contributed by atoms with E-state index in [1.165, 1.54) is 4.90 Å². The highest BCUT2D eigenvalue weighted by molar-refractivity contribution is 6.35. The Morgan fingerprint density at radius 2 is 2.03 bits per heavy atom. The van der Waals surface area contributed by atoms with Crippen LogP contribution < -0.4 is 4.90 Å². The molecule has 31 heavy (non-hydrogen) atoms. The zero-order chi connectivity index (χ0) is 22.0. The Morgan fingerprint density at radius 3 is 2.81 bits per heavy atom. The number of nitriles is 1. The van der Waals surface area contributed by atoms with Crippen molar-refractivity contribution in [1.29, 1.82) is 5.26 Å². The lowest BCUT2D eigenvalue weighted by molar-refractivity contribution is 0.195. The summed E-state index contributed by atoms with van der Waals surface area (Å²) in [6.07, 6.45) is 4.81. The molecule has 3 aromatic rings. The molecule has 0 bridgehead atoms.